The molecule has 3 aromatic rings. The molecule has 1 fully saturated rings. The summed E-state index contributed by atoms with van der Waals surface area (Å²) in [4.78, 5) is 6.78. The molecule has 2 N–H and O–H groups in total. The van der Waals surface area contributed by atoms with Crippen molar-refractivity contribution in [3.8, 4) is 0 Å². The number of nitrogens with one attached hydrogen (secondary N) is 2. The molecule has 1 unspecified atom stereocenters. The smallest absolute Gasteiger partial charge is 0.191 e. The Hall–Kier alpha value is -1.88. The minimum atomic E-state index is 0. The van der Waals surface area contributed by atoms with Gasteiger partial charge in [-0.05, 0) is 48.7 Å². The quantitative estimate of drug-likeness (QED) is 0.280. The Morgan fingerprint density at radius 3 is 2.79 bits per heavy atom. The van der Waals surface area contributed by atoms with Crippen molar-refractivity contribution in [2.24, 2.45) is 10.9 Å². The molecule has 0 spiro atoms. The average Bonchev–Trinajstić information content (AvgIpc) is 3.36. The Morgan fingerprint density at radius 1 is 1.17 bits per heavy atom. The predicted molar refractivity (Wildman–Crippen MR) is 131 cm³/mol. The molecule has 0 amide bonds. The van der Waals surface area contributed by atoms with Crippen LogP contribution in [0.4, 0.5) is 5.69 Å². The second kappa shape index (κ2) is 10.2. The first-order chi connectivity index (χ1) is 13.7. The van der Waals surface area contributed by atoms with Gasteiger partial charge in [-0.15, -0.1) is 34.2 Å². The predicted octanol–water partition coefficient (Wildman–Crippen LogP) is 3.30. The molecule has 1 aliphatic rings. The third-order valence-corrected chi connectivity index (χ3v) is 5.59. The monoisotopic (exact) mass is 569 g/mol. The lowest BCUT2D eigenvalue weighted by Gasteiger charge is -2.19. The van der Waals surface area contributed by atoms with E-state index >= 15 is 0 Å². The zero-order valence-electron chi connectivity index (χ0n) is 16.3. The standard InChI is InChI=1S/C20H24BrN7.HI/c1-22-20(24-13-19-26-25-18-4-2-3-10-28(18)19)23-12-15-9-11-27(14-15)17-7-5-16(21)6-8-17;/h2-8,10,15H,9,11-14H2,1H3,(H2,22,23,24);1H. The second-order valence-electron chi connectivity index (χ2n) is 6.93. The number of hydrogen-bond donors (Lipinski definition) is 2. The normalized spacial score (nSPS) is 16.7. The minimum absolute atomic E-state index is 0. The van der Waals surface area contributed by atoms with Gasteiger partial charge in [0.05, 0.1) is 6.54 Å². The molecular weight excluding hydrogens is 545 g/mol. The van der Waals surface area contributed by atoms with E-state index < -0.39 is 0 Å². The van der Waals surface area contributed by atoms with Crippen molar-refractivity contribution in [1.82, 2.24) is 25.2 Å². The Balaban J connectivity index is 0.00000240. The van der Waals surface area contributed by atoms with Crippen LogP contribution in [-0.4, -0.2) is 47.2 Å². The molecule has 29 heavy (non-hydrogen) atoms. The summed E-state index contributed by atoms with van der Waals surface area (Å²) in [6.45, 7) is 3.61. The third-order valence-electron chi connectivity index (χ3n) is 5.06. The lowest BCUT2D eigenvalue weighted by atomic mass is 10.1. The van der Waals surface area contributed by atoms with Crippen LogP contribution in [-0.2, 0) is 6.54 Å². The number of halogens is 2. The van der Waals surface area contributed by atoms with Gasteiger partial charge in [0.1, 0.15) is 0 Å². The topological polar surface area (TPSA) is 69.8 Å². The third kappa shape index (κ3) is 5.39. The van der Waals surface area contributed by atoms with E-state index in [1.165, 1.54) is 12.1 Å². The fraction of sp³-hybridized carbons (Fsp3) is 0.350. The van der Waals surface area contributed by atoms with Crippen molar-refractivity contribution in [3.05, 3.63) is 59.0 Å². The van der Waals surface area contributed by atoms with Gasteiger partial charge in [-0.1, -0.05) is 22.0 Å². The van der Waals surface area contributed by atoms with Crippen LogP contribution >= 0.6 is 39.9 Å². The summed E-state index contributed by atoms with van der Waals surface area (Å²) >= 11 is 3.50. The number of guanidine groups is 1. The van der Waals surface area contributed by atoms with Gasteiger partial charge in [-0.25, -0.2) is 0 Å². The summed E-state index contributed by atoms with van der Waals surface area (Å²) in [7, 11) is 1.79. The van der Waals surface area contributed by atoms with Crippen LogP contribution in [0.1, 0.15) is 12.2 Å². The molecule has 1 saturated heterocycles. The molecule has 0 bridgehead atoms. The number of benzene rings is 1. The number of pyridine rings is 1. The van der Waals surface area contributed by atoms with Crippen LogP contribution in [0.5, 0.6) is 0 Å². The van der Waals surface area contributed by atoms with E-state index in [1.54, 1.807) is 7.05 Å². The summed E-state index contributed by atoms with van der Waals surface area (Å²) < 4.78 is 3.09. The molecular formula is C20H25BrIN7. The number of fused-ring (bicyclic) bond motifs is 1. The Labute approximate surface area is 196 Å². The lowest BCUT2D eigenvalue weighted by Crippen LogP contribution is -2.40. The van der Waals surface area contributed by atoms with E-state index in [0.717, 1.165) is 41.5 Å². The summed E-state index contributed by atoms with van der Waals surface area (Å²) in [5.74, 6) is 2.24. The zero-order chi connectivity index (χ0) is 19.3. The highest BCUT2D eigenvalue weighted by Crippen LogP contribution is 2.24. The Bertz CT molecular complexity index is 957. The van der Waals surface area contributed by atoms with Crippen molar-refractivity contribution in [2.45, 2.75) is 13.0 Å². The molecule has 3 heterocycles. The summed E-state index contributed by atoms with van der Waals surface area (Å²) in [5, 5.41) is 15.2. The lowest BCUT2D eigenvalue weighted by molar-refractivity contribution is 0.565. The van der Waals surface area contributed by atoms with Crippen molar-refractivity contribution < 1.29 is 0 Å². The highest BCUT2D eigenvalue weighted by molar-refractivity contribution is 14.0. The van der Waals surface area contributed by atoms with Crippen LogP contribution < -0.4 is 15.5 Å². The highest BCUT2D eigenvalue weighted by atomic mass is 127. The molecule has 154 valence electrons. The molecule has 1 atom stereocenters. The van der Waals surface area contributed by atoms with Gasteiger partial charge >= 0.3 is 0 Å². The number of hydrogen-bond acceptors (Lipinski definition) is 4. The van der Waals surface area contributed by atoms with E-state index in [0.29, 0.717) is 12.5 Å². The van der Waals surface area contributed by atoms with Gasteiger partial charge in [0.15, 0.2) is 17.4 Å². The van der Waals surface area contributed by atoms with E-state index in [1.807, 2.05) is 28.8 Å². The SMILES string of the molecule is CN=C(NCc1nnc2ccccn12)NCC1CCN(c2ccc(Br)cc2)C1.I. The molecule has 1 aliphatic heterocycles. The summed E-state index contributed by atoms with van der Waals surface area (Å²) in [5.41, 5.74) is 2.13. The molecule has 1 aromatic carbocycles. The van der Waals surface area contributed by atoms with Gasteiger partial charge in [0.25, 0.3) is 0 Å². The van der Waals surface area contributed by atoms with E-state index in [2.05, 4.69) is 70.9 Å². The number of aliphatic imine (C=N–C) groups is 1. The van der Waals surface area contributed by atoms with Crippen molar-refractivity contribution in [2.75, 3.05) is 31.6 Å². The molecule has 0 radical (unpaired) electrons. The van der Waals surface area contributed by atoms with Crippen LogP contribution in [0.3, 0.4) is 0 Å². The van der Waals surface area contributed by atoms with Gasteiger partial charge in [-0.3, -0.25) is 9.39 Å². The van der Waals surface area contributed by atoms with Crippen LogP contribution in [0.15, 0.2) is 58.1 Å². The van der Waals surface area contributed by atoms with Gasteiger partial charge < -0.3 is 15.5 Å². The van der Waals surface area contributed by atoms with Crippen LogP contribution in [0, 0.1) is 5.92 Å². The second-order valence-corrected chi connectivity index (χ2v) is 7.84. The summed E-state index contributed by atoms with van der Waals surface area (Å²) in [6, 6.07) is 14.4. The van der Waals surface area contributed by atoms with Crippen molar-refractivity contribution in [3.63, 3.8) is 0 Å². The first-order valence-electron chi connectivity index (χ1n) is 9.46. The minimum Gasteiger partial charge on any atom is -0.371 e. The number of nitrogens with zero attached hydrogens (tertiary/aromatic N) is 5. The maximum absolute atomic E-state index is 4.33. The number of anilines is 1. The van der Waals surface area contributed by atoms with Crippen molar-refractivity contribution >= 4 is 57.2 Å². The summed E-state index contributed by atoms with van der Waals surface area (Å²) in [6.07, 6.45) is 3.15. The highest BCUT2D eigenvalue weighted by Gasteiger charge is 2.22. The molecule has 9 heteroatoms. The Kier molecular flexibility index (Phi) is 7.70. The molecule has 0 aliphatic carbocycles. The fourth-order valence-electron chi connectivity index (χ4n) is 3.52. The average molecular weight is 570 g/mol. The first kappa shape index (κ1) is 21.8. The van der Waals surface area contributed by atoms with Gasteiger partial charge in [-0.2, -0.15) is 0 Å². The van der Waals surface area contributed by atoms with Crippen LogP contribution in [0.2, 0.25) is 0 Å². The number of rotatable bonds is 5. The maximum atomic E-state index is 4.33. The molecule has 7 nitrogen and oxygen atoms in total. The number of aromatic nitrogens is 3. The van der Waals surface area contributed by atoms with E-state index in [9.17, 15) is 0 Å². The first-order valence-corrected chi connectivity index (χ1v) is 10.3. The molecule has 2 aromatic heterocycles. The fourth-order valence-corrected chi connectivity index (χ4v) is 3.79. The van der Waals surface area contributed by atoms with Gasteiger partial charge in [0.2, 0.25) is 0 Å². The zero-order valence-corrected chi connectivity index (χ0v) is 20.2. The van der Waals surface area contributed by atoms with Crippen molar-refractivity contribution in [1.29, 1.82) is 0 Å². The largest absolute Gasteiger partial charge is 0.371 e. The van der Waals surface area contributed by atoms with E-state index in [-0.39, 0.29) is 24.0 Å². The maximum Gasteiger partial charge on any atom is 0.191 e. The molecule has 4 rings (SSSR count). The van der Waals surface area contributed by atoms with Gasteiger partial charge in [0, 0.05) is 43.0 Å². The van der Waals surface area contributed by atoms with Crippen LogP contribution in [0.25, 0.3) is 5.65 Å². The van der Waals surface area contributed by atoms with E-state index in [4.69, 9.17) is 0 Å². The Morgan fingerprint density at radius 2 is 2.00 bits per heavy atom. The molecule has 0 saturated carbocycles.